The number of hydrogen-bond acceptors (Lipinski definition) is 3. The zero-order valence-electron chi connectivity index (χ0n) is 9.41. The second kappa shape index (κ2) is 5.65. The Morgan fingerprint density at radius 1 is 1.47 bits per heavy atom. The molecule has 1 heterocycles. The van der Waals surface area contributed by atoms with Crippen molar-refractivity contribution in [2.24, 2.45) is 0 Å². The van der Waals surface area contributed by atoms with Crippen molar-refractivity contribution in [3.63, 3.8) is 0 Å². The largest absolute Gasteiger partial charge is 0.398 e. The van der Waals surface area contributed by atoms with Crippen LogP contribution in [0.4, 0.5) is 5.69 Å². The number of benzene rings is 1. The van der Waals surface area contributed by atoms with Crippen molar-refractivity contribution >= 4 is 35.0 Å². The summed E-state index contributed by atoms with van der Waals surface area (Å²) in [6.07, 6.45) is 2.66. The summed E-state index contributed by atoms with van der Waals surface area (Å²) in [5, 5.41) is 3.79. The monoisotopic (exact) mass is 270 g/mol. The molecule has 0 saturated carbocycles. The van der Waals surface area contributed by atoms with Crippen molar-refractivity contribution in [2.75, 3.05) is 12.3 Å². The first-order valence-corrected chi connectivity index (χ1v) is 6.89. The number of anilines is 1. The average Bonchev–Trinajstić information content (AvgIpc) is 2.48. The molecule has 1 atom stereocenters. The maximum Gasteiger partial charge on any atom is 0.221 e. The first-order valence-electron chi connectivity index (χ1n) is 5.63. The van der Waals surface area contributed by atoms with Gasteiger partial charge in [-0.3, -0.25) is 4.79 Å². The maximum absolute atomic E-state index is 11.4. The summed E-state index contributed by atoms with van der Waals surface area (Å²) < 4.78 is 0. The van der Waals surface area contributed by atoms with Gasteiger partial charge in [0.25, 0.3) is 0 Å². The number of thioether (sulfide) groups is 1. The van der Waals surface area contributed by atoms with Crippen molar-refractivity contribution in [1.82, 2.24) is 5.32 Å². The molecular weight excluding hydrogens is 256 g/mol. The summed E-state index contributed by atoms with van der Waals surface area (Å²) >= 11 is 7.68. The minimum absolute atomic E-state index is 0.140. The molecular formula is C12H15ClN2OS. The molecule has 1 aliphatic rings. The molecule has 1 aromatic carbocycles. The Balaban J connectivity index is 2.03. The number of carbonyl (C=O) groups is 1. The number of carbonyl (C=O) groups excluding carboxylic acids is 1. The number of nitrogens with one attached hydrogen (secondary N) is 1. The third kappa shape index (κ3) is 3.54. The van der Waals surface area contributed by atoms with Gasteiger partial charge < -0.3 is 11.1 Å². The smallest absolute Gasteiger partial charge is 0.221 e. The first-order chi connectivity index (χ1) is 8.15. The zero-order valence-corrected chi connectivity index (χ0v) is 11.0. The van der Waals surface area contributed by atoms with E-state index in [-0.39, 0.29) is 5.91 Å². The second-order valence-corrected chi connectivity index (χ2v) is 5.90. The van der Waals surface area contributed by atoms with E-state index in [1.165, 1.54) is 0 Å². The van der Waals surface area contributed by atoms with Gasteiger partial charge in [-0.15, -0.1) is 11.8 Å². The highest BCUT2D eigenvalue weighted by atomic mass is 35.5. The molecule has 1 unspecified atom stereocenters. The van der Waals surface area contributed by atoms with Crippen LogP contribution in [0, 0.1) is 0 Å². The highest BCUT2D eigenvalue weighted by Gasteiger charge is 2.18. The van der Waals surface area contributed by atoms with Gasteiger partial charge in [-0.2, -0.15) is 0 Å². The van der Waals surface area contributed by atoms with Gasteiger partial charge in [0.05, 0.1) is 10.7 Å². The number of amides is 1. The van der Waals surface area contributed by atoms with Crippen LogP contribution in [0.2, 0.25) is 5.02 Å². The van der Waals surface area contributed by atoms with Crippen molar-refractivity contribution in [2.45, 2.75) is 29.4 Å². The fraction of sp³-hybridized carbons (Fsp3) is 0.417. The van der Waals surface area contributed by atoms with Crippen molar-refractivity contribution in [3.05, 3.63) is 23.2 Å². The standard InChI is InChI=1S/C12H15ClN2OS/c13-10-6-9(3-4-11(10)14)17-8-2-1-5-15-12(16)7-8/h3-4,6,8H,1-2,5,7,14H2,(H,15,16). The molecule has 0 aliphatic carbocycles. The van der Waals surface area contributed by atoms with Crippen molar-refractivity contribution in [3.8, 4) is 0 Å². The number of hydrogen-bond donors (Lipinski definition) is 2. The number of nitrogen functional groups attached to an aromatic ring is 1. The summed E-state index contributed by atoms with van der Waals surface area (Å²) in [7, 11) is 0. The summed E-state index contributed by atoms with van der Waals surface area (Å²) in [4.78, 5) is 12.5. The SMILES string of the molecule is Nc1ccc(SC2CCCNC(=O)C2)cc1Cl. The summed E-state index contributed by atoms with van der Waals surface area (Å²) in [5.74, 6) is 0.140. The first kappa shape index (κ1) is 12.6. The second-order valence-electron chi connectivity index (χ2n) is 4.12. The third-order valence-electron chi connectivity index (χ3n) is 2.71. The molecule has 1 fully saturated rings. The van der Waals surface area contributed by atoms with Gasteiger partial charge >= 0.3 is 0 Å². The lowest BCUT2D eigenvalue weighted by Gasteiger charge is -2.12. The lowest BCUT2D eigenvalue weighted by atomic mass is 10.2. The quantitative estimate of drug-likeness (QED) is 0.813. The highest BCUT2D eigenvalue weighted by Crippen LogP contribution is 2.32. The van der Waals surface area contributed by atoms with Crippen LogP contribution in [0.3, 0.4) is 0 Å². The van der Waals surface area contributed by atoms with E-state index in [1.807, 2.05) is 12.1 Å². The summed E-state index contributed by atoms with van der Waals surface area (Å²) in [6.45, 7) is 0.790. The van der Waals surface area contributed by atoms with E-state index in [1.54, 1.807) is 17.8 Å². The maximum atomic E-state index is 11.4. The van der Waals surface area contributed by atoms with E-state index in [4.69, 9.17) is 17.3 Å². The van der Waals surface area contributed by atoms with E-state index >= 15 is 0 Å². The van der Waals surface area contributed by atoms with E-state index in [0.29, 0.717) is 22.4 Å². The molecule has 3 N–H and O–H groups in total. The highest BCUT2D eigenvalue weighted by molar-refractivity contribution is 8.00. The van der Waals surface area contributed by atoms with Crippen LogP contribution >= 0.6 is 23.4 Å². The molecule has 0 aromatic heterocycles. The lowest BCUT2D eigenvalue weighted by Crippen LogP contribution is -2.22. The van der Waals surface area contributed by atoms with Gasteiger partial charge in [-0.1, -0.05) is 11.6 Å². The Kier molecular flexibility index (Phi) is 4.18. The predicted molar refractivity (Wildman–Crippen MR) is 72.4 cm³/mol. The van der Waals surface area contributed by atoms with Crippen LogP contribution in [0.15, 0.2) is 23.1 Å². The molecule has 3 nitrogen and oxygen atoms in total. The molecule has 17 heavy (non-hydrogen) atoms. The molecule has 0 spiro atoms. The number of nitrogens with two attached hydrogens (primary N) is 1. The van der Waals surface area contributed by atoms with Crippen molar-refractivity contribution < 1.29 is 4.79 Å². The molecule has 1 aliphatic heterocycles. The van der Waals surface area contributed by atoms with Gasteiger partial charge in [0.1, 0.15) is 0 Å². The molecule has 0 bridgehead atoms. The molecule has 2 rings (SSSR count). The Labute approximate surface area is 110 Å². The van der Waals surface area contributed by atoms with Gasteiger partial charge in [0.2, 0.25) is 5.91 Å². The van der Waals surface area contributed by atoms with Crippen LogP contribution in [-0.4, -0.2) is 17.7 Å². The molecule has 1 amide bonds. The van der Waals surface area contributed by atoms with Gasteiger partial charge in [-0.25, -0.2) is 0 Å². The molecule has 1 saturated heterocycles. The average molecular weight is 271 g/mol. The minimum atomic E-state index is 0.140. The van der Waals surface area contributed by atoms with E-state index in [9.17, 15) is 4.79 Å². The Morgan fingerprint density at radius 3 is 3.06 bits per heavy atom. The van der Waals surface area contributed by atoms with Crippen LogP contribution < -0.4 is 11.1 Å². The molecule has 0 radical (unpaired) electrons. The Hall–Kier alpha value is -0.870. The van der Waals surface area contributed by atoms with Gasteiger partial charge in [0.15, 0.2) is 0 Å². The van der Waals surface area contributed by atoms with Crippen molar-refractivity contribution in [1.29, 1.82) is 0 Å². The van der Waals surface area contributed by atoms with Crippen LogP contribution in [0.1, 0.15) is 19.3 Å². The van der Waals surface area contributed by atoms with E-state index < -0.39 is 0 Å². The van der Waals surface area contributed by atoms with Gasteiger partial charge in [0, 0.05) is 23.1 Å². The van der Waals surface area contributed by atoms with E-state index in [2.05, 4.69) is 5.32 Å². The molecule has 5 heteroatoms. The fourth-order valence-corrected chi connectivity index (χ4v) is 3.29. The number of rotatable bonds is 2. The summed E-state index contributed by atoms with van der Waals surface area (Å²) in [6, 6.07) is 5.63. The minimum Gasteiger partial charge on any atom is -0.398 e. The molecule has 92 valence electrons. The van der Waals surface area contributed by atoms with E-state index in [0.717, 1.165) is 24.3 Å². The number of halogens is 1. The van der Waals surface area contributed by atoms with Crippen LogP contribution in [0.5, 0.6) is 0 Å². The summed E-state index contributed by atoms with van der Waals surface area (Å²) in [5.41, 5.74) is 6.26. The van der Waals surface area contributed by atoms with Gasteiger partial charge in [-0.05, 0) is 31.0 Å². The topological polar surface area (TPSA) is 55.1 Å². The zero-order chi connectivity index (χ0) is 12.3. The Morgan fingerprint density at radius 2 is 2.29 bits per heavy atom. The Bertz CT molecular complexity index is 425. The third-order valence-corrected chi connectivity index (χ3v) is 4.30. The normalized spacial score (nSPS) is 20.8. The van der Waals surface area contributed by atoms with Crippen LogP contribution in [0.25, 0.3) is 0 Å². The predicted octanol–water partition coefficient (Wildman–Crippen LogP) is 2.68. The fourth-order valence-electron chi connectivity index (χ4n) is 1.81. The lowest BCUT2D eigenvalue weighted by molar-refractivity contribution is -0.120. The molecule has 1 aromatic rings. The van der Waals surface area contributed by atoms with Crippen LogP contribution in [-0.2, 0) is 4.79 Å².